The Morgan fingerprint density at radius 2 is 1.81 bits per heavy atom. The first-order valence-electron chi connectivity index (χ1n) is 9.54. The second kappa shape index (κ2) is 7.90. The van der Waals surface area contributed by atoms with Gasteiger partial charge in [0.2, 0.25) is 0 Å². The lowest BCUT2D eigenvalue weighted by molar-refractivity contribution is -1.02. The standard InChI is InChI=1S/C21H24N4O2/c1-16-13-18(23-27-16)14-24-9-11-25(12-10-24)15-21(26)22-20-8-4-6-17-5-2-3-7-19(17)20/h2-8,13H,9-12,14-15H2,1H3,(H,22,26)/p+2. The number of quaternary nitrogens is 2. The first-order chi connectivity index (χ1) is 13.2. The van der Waals surface area contributed by atoms with Crippen molar-refractivity contribution in [3.8, 4) is 0 Å². The predicted molar refractivity (Wildman–Crippen MR) is 104 cm³/mol. The van der Waals surface area contributed by atoms with Crippen LogP contribution in [0.3, 0.4) is 0 Å². The lowest BCUT2D eigenvalue weighted by atomic mass is 10.1. The maximum absolute atomic E-state index is 12.5. The highest BCUT2D eigenvalue weighted by Crippen LogP contribution is 2.22. The molecular formula is C21H26N4O2+2. The molecule has 0 aliphatic carbocycles. The first-order valence-corrected chi connectivity index (χ1v) is 9.54. The minimum Gasteiger partial charge on any atom is -0.361 e. The number of aromatic nitrogens is 1. The number of fused-ring (bicyclic) bond motifs is 1. The number of carbonyl (C=O) groups excluding carboxylic acids is 1. The van der Waals surface area contributed by atoms with Crippen LogP contribution in [0.15, 0.2) is 53.1 Å². The van der Waals surface area contributed by atoms with Gasteiger partial charge in [0.05, 0.1) is 0 Å². The highest BCUT2D eigenvalue weighted by molar-refractivity contribution is 6.02. The molecule has 3 N–H and O–H groups in total. The SMILES string of the molecule is Cc1cc(C[NH+]2CC[NH+](CC(=O)Nc3cccc4ccccc34)CC2)no1. The third-order valence-electron chi connectivity index (χ3n) is 5.25. The number of rotatable bonds is 5. The number of benzene rings is 2. The Morgan fingerprint density at radius 3 is 2.59 bits per heavy atom. The molecule has 0 radical (unpaired) electrons. The molecule has 1 saturated heterocycles. The van der Waals surface area contributed by atoms with E-state index in [1.54, 1.807) is 0 Å². The first kappa shape index (κ1) is 17.7. The van der Waals surface area contributed by atoms with Gasteiger partial charge in [0.1, 0.15) is 44.2 Å². The van der Waals surface area contributed by atoms with Crippen LogP contribution in [0.2, 0.25) is 0 Å². The lowest BCUT2D eigenvalue weighted by Crippen LogP contribution is -3.28. The Labute approximate surface area is 158 Å². The highest BCUT2D eigenvalue weighted by Gasteiger charge is 2.25. The van der Waals surface area contributed by atoms with Crippen LogP contribution in [-0.2, 0) is 11.3 Å². The van der Waals surface area contributed by atoms with Gasteiger partial charge in [-0.25, -0.2) is 0 Å². The van der Waals surface area contributed by atoms with Crippen LogP contribution in [-0.4, -0.2) is 43.8 Å². The van der Waals surface area contributed by atoms with Gasteiger partial charge in [0.25, 0.3) is 5.91 Å². The van der Waals surface area contributed by atoms with Gasteiger partial charge in [-0.1, -0.05) is 41.6 Å². The fraction of sp³-hybridized carbons (Fsp3) is 0.333. The Morgan fingerprint density at radius 1 is 1.07 bits per heavy atom. The average molecular weight is 366 g/mol. The molecule has 0 atom stereocenters. The summed E-state index contributed by atoms with van der Waals surface area (Å²) in [5, 5.41) is 9.40. The van der Waals surface area contributed by atoms with Crippen molar-refractivity contribution < 1.29 is 19.1 Å². The number of aryl methyl sites for hydroxylation is 1. The summed E-state index contributed by atoms with van der Waals surface area (Å²) in [7, 11) is 0. The summed E-state index contributed by atoms with van der Waals surface area (Å²) in [6, 6.07) is 16.1. The minimum atomic E-state index is 0.0805. The molecule has 2 aromatic carbocycles. The molecule has 1 amide bonds. The van der Waals surface area contributed by atoms with Gasteiger partial charge in [0, 0.05) is 17.1 Å². The summed E-state index contributed by atoms with van der Waals surface area (Å²) in [6.45, 7) is 7.41. The summed E-state index contributed by atoms with van der Waals surface area (Å²) in [5.74, 6) is 0.940. The summed E-state index contributed by atoms with van der Waals surface area (Å²) in [5.41, 5.74) is 1.91. The van der Waals surface area contributed by atoms with Crippen LogP contribution in [0.4, 0.5) is 5.69 Å². The van der Waals surface area contributed by atoms with E-state index in [0.29, 0.717) is 6.54 Å². The number of nitrogens with zero attached hydrogens (tertiary/aromatic N) is 1. The largest absolute Gasteiger partial charge is 0.361 e. The van der Waals surface area contributed by atoms with Crippen molar-refractivity contribution in [2.24, 2.45) is 0 Å². The van der Waals surface area contributed by atoms with Crippen molar-refractivity contribution in [2.75, 3.05) is 38.0 Å². The second-order valence-electron chi connectivity index (χ2n) is 7.36. The van der Waals surface area contributed by atoms with Crippen molar-refractivity contribution in [3.05, 3.63) is 60.0 Å². The predicted octanol–water partition coefficient (Wildman–Crippen LogP) is 0.0583. The summed E-state index contributed by atoms with van der Waals surface area (Å²) in [6.07, 6.45) is 0. The van der Waals surface area contributed by atoms with E-state index in [1.807, 2.05) is 43.3 Å². The van der Waals surface area contributed by atoms with Crippen molar-refractivity contribution in [2.45, 2.75) is 13.5 Å². The minimum absolute atomic E-state index is 0.0805. The molecule has 1 aliphatic rings. The van der Waals surface area contributed by atoms with E-state index in [4.69, 9.17) is 4.52 Å². The smallest absolute Gasteiger partial charge is 0.279 e. The molecule has 0 bridgehead atoms. The van der Waals surface area contributed by atoms with Crippen LogP contribution < -0.4 is 15.1 Å². The molecule has 2 heterocycles. The molecule has 140 valence electrons. The molecule has 1 fully saturated rings. The van der Waals surface area contributed by atoms with Gasteiger partial charge in [-0.15, -0.1) is 0 Å². The van der Waals surface area contributed by atoms with Crippen molar-refractivity contribution in [1.29, 1.82) is 0 Å². The summed E-state index contributed by atoms with van der Waals surface area (Å²) < 4.78 is 5.15. The number of anilines is 1. The third kappa shape index (κ3) is 4.35. The quantitative estimate of drug-likeness (QED) is 0.598. The number of carbonyl (C=O) groups is 1. The Kier molecular flexibility index (Phi) is 5.18. The summed E-state index contributed by atoms with van der Waals surface area (Å²) >= 11 is 0. The fourth-order valence-electron chi connectivity index (χ4n) is 3.82. The molecule has 1 aliphatic heterocycles. The molecule has 6 nitrogen and oxygen atoms in total. The van der Waals surface area contributed by atoms with E-state index < -0.39 is 0 Å². The van der Waals surface area contributed by atoms with E-state index >= 15 is 0 Å². The number of piperazine rings is 1. The number of nitrogens with one attached hydrogen (secondary N) is 3. The van der Waals surface area contributed by atoms with Gasteiger partial charge >= 0.3 is 0 Å². The number of amides is 1. The monoisotopic (exact) mass is 366 g/mol. The van der Waals surface area contributed by atoms with Crippen molar-refractivity contribution >= 4 is 22.4 Å². The second-order valence-corrected chi connectivity index (χ2v) is 7.36. The van der Waals surface area contributed by atoms with Crippen molar-refractivity contribution in [3.63, 3.8) is 0 Å². The molecule has 0 unspecified atom stereocenters. The van der Waals surface area contributed by atoms with Gasteiger partial charge in [0.15, 0.2) is 6.54 Å². The maximum atomic E-state index is 12.5. The Hall–Kier alpha value is -2.70. The van der Waals surface area contributed by atoms with E-state index in [2.05, 4.69) is 22.6 Å². The zero-order chi connectivity index (χ0) is 18.6. The topological polar surface area (TPSA) is 64.0 Å². The van der Waals surface area contributed by atoms with Crippen LogP contribution in [0.1, 0.15) is 11.5 Å². The van der Waals surface area contributed by atoms with Gasteiger partial charge in [-0.2, -0.15) is 0 Å². The maximum Gasteiger partial charge on any atom is 0.279 e. The highest BCUT2D eigenvalue weighted by atomic mass is 16.5. The fourth-order valence-corrected chi connectivity index (χ4v) is 3.82. The van der Waals surface area contributed by atoms with E-state index in [-0.39, 0.29) is 5.91 Å². The molecule has 0 spiro atoms. The molecule has 6 heteroatoms. The van der Waals surface area contributed by atoms with Gasteiger partial charge in [-0.3, -0.25) is 4.79 Å². The van der Waals surface area contributed by atoms with E-state index in [9.17, 15) is 4.79 Å². The Bertz CT molecular complexity index is 923. The van der Waals surface area contributed by atoms with E-state index in [0.717, 1.165) is 60.6 Å². The summed E-state index contributed by atoms with van der Waals surface area (Å²) in [4.78, 5) is 15.4. The zero-order valence-corrected chi connectivity index (χ0v) is 15.6. The van der Waals surface area contributed by atoms with Crippen molar-refractivity contribution in [1.82, 2.24) is 5.16 Å². The third-order valence-corrected chi connectivity index (χ3v) is 5.25. The Balaban J connectivity index is 1.29. The number of hydrogen-bond acceptors (Lipinski definition) is 3. The molecule has 3 aromatic rings. The van der Waals surface area contributed by atoms with Gasteiger partial charge < -0.3 is 19.6 Å². The van der Waals surface area contributed by atoms with Crippen LogP contribution in [0, 0.1) is 6.92 Å². The van der Waals surface area contributed by atoms with Crippen LogP contribution >= 0.6 is 0 Å². The van der Waals surface area contributed by atoms with Crippen LogP contribution in [0.5, 0.6) is 0 Å². The molecule has 0 saturated carbocycles. The molecule has 1 aromatic heterocycles. The lowest BCUT2D eigenvalue weighted by Gasteiger charge is -2.28. The van der Waals surface area contributed by atoms with Gasteiger partial charge in [-0.05, 0) is 18.4 Å². The molecule has 27 heavy (non-hydrogen) atoms. The molecular weight excluding hydrogens is 340 g/mol. The average Bonchev–Trinajstić information content (AvgIpc) is 3.08. The number of hydrogen-bond donors (Lipinski definition) is 3. The van der Waals surface area contributed by atoms with Crippen LogP contribution in [0.25, 0.3) is 10.8 Å². The van der Waals surface area contributed by atoms with E-state index in [1.165, 1.54) is 9.80 Å². The molecule has 4 rings (SSSR count). The zero-order valence-electron chi connectivity index (χ0n) is 15.6. The normalized spacial score (nSPS) is 19.9.